The molecular formula is C33H27F4N3O4S2. The molecule has 1 aromatic heterocycles. The predicted octanol–water partition coefficient (Wildman–Crippen LogP) is 6.80. The molecule has 3 atom stereocenters. The lowest BCUT2D eigenvalue weighted by Crippen LogP contribution is -2.33. The number of halogens is 4. The number of alkyl halides is 3. The van der Waals surface area contributed by atoms with Gasteiger partial charge in [0.15, 0.2) is 0 Å². The van der Waals surface area contributed by atoms with Crippen molar-refractivity contribution in [2.45, 2.75) is 55.1 Å². The van der Waals surface area contributed by atoms with Gasteiger partial charge in [-0.15, -0.1) is 0 Å². The Morgan fingerprint density at radius 2 is 1.57 bits per heavy atom. The first-order valence-electron chi connectivity index (χ1n) is 14.2. The summed E-state index contributed by atoms with van der Waals surface area (Å²) in [5.74, 6) is -3.88. The minimum Gasteiger partial charge on any atom is -0.325 e. The number of benzene rings is 3. The van der Waals surface area contributed by atoms with Crippen molar-refractivity contribution in [1.29, 1.82) is 0 Å². The molecule has 0 spiro atoms. The average molecular weight is 670 g/mol. The zero-order valence-electron chi connectivity index (χ0n) is 24.7. The molecule has 2 aliphatic heterocycles. The summed E-state index contributed by atoms with van der Waals surface area (Å²) >= 11 is 1.87. The molecule has 1 fully saturated rings. The van der Waals surface area contributed by atoms with Gasteiger partial charge in [0.05, 0.1) is 22.2 Å². The maximum atomic E-state index is 14.0. The molecule has 13 heteroatoms. The fourth-order valence-electron chi connectivity index (χ4n) is 5.77. The van der Waals surface area contributed by atoms with E-state index in [-0.39, 0.29) is 16.8 Å². The number of amides is 3. The van der Waals surface area contributed by atoms with Crippen LogP contribution < -0.4 is 15.1 Å². The van der Waals surface area contributed by atoms with Gasteiger partial charge in [0.25, 0.3) is 0 Å². The smallest absolute Gasteiger partial charge is 0.325 e. The lowest BCUT2D eigenvalue weighted by Gasteiger charge is -2.31. The Bertz CT molecular complexity index is 1910. The first-order chi connectivity index (χ1) is 21.6. The molecule has 3 aromatic carbocycles. The van der Waals surface area contributed by atoms with Crippen LogP contribution in [-0.4, -0.2) is 27.5 Å². The second-order valence-corrected chi connectivity index (χ2v) is 14.3. The molecule has 0 aliphatic carbocycles. The number of fused-ring (bicyclic) bond motifs is 2. The summed E-state index contributed by atoms with van der Waals surface area (Å²) in [7, 11) is 0. The number of nitrogens with one attached hydrogen (secondary N) is 1. The number of thiazole rings is 1. The van der Waals surface area contributed by atoms with Gasteiger partial charge in [0.1, 0.15) is 17.6 Å². The van der Waals surface area contributed by atoms with Gasteiger partial charge in [-0.3, -0.25) is 23.7 Å². The molecule has 0 saturated carbocycles. The number of imide groups is 1. The number of carbonyl (C=O) groups excluding carboxylic acids is 3. The lowest BCUT2D eigenvalue weighted by atomic mass is 9.81. The maximum absolute atomic E-state index is 14.0. The van der Waals surface area contributed by atoms with Gasteiger partial charge in [-0.05, 0) is 59.0 Å². The molecule has 4 aromatic rings. The normalized spacial score (nSPS) is 19.6. The van der Waals surface area contributed by atoms with Crippen molar-refractivity contribution in [3.63, 3.8) is 0 Å². The third-order valence-electron chi connectivity index (χ3n) is 8.05. The van der Waals surface area contributed by atoms with Crippen LogP contribution in [0.4, 0.5) is 28.9 Å². The van der Waals surface area contributed by atoms with E-state index in [2.05, 4.69) is 26.1 Å². The van der Waals surface area contributed by atoms with Gasteiger partial charge in [-0.25, -0.2) is 9.29 Å². The van der Waals surface area contributed by atoms with Crippen molar-refractivity contribution in [1.82, 2.24) is 4.57 Å². The quantitative estimate of drug-likeness (QED) is 0.187. The van der Waals surface area contributed by atoms with Crippen LogP contribution in [0.25, 0.3) is 0 Å². The van der Waals surface area contributed by atoms with E-state index >= 15 is 0 Å². The van der Waals surface area contributed by atoms with Crippen molar-refractivity contribution < 1.29 is 31.9 Å². The second-order valence-electron chi connectivity index (χ2n) is 12.2. The molecule has 238 valence electrons. The summed E-state index contributed by atoms with van der Waals surface area (Å²) in [6.45, 7) is 5.65. The Kier molecular flexibility index (Phi) is 7.96. The summed E-state index contributed by atoms with van der Waals surface area (Å²) in [6.07, 6.45) is -4.61. The largest absolute Gasteiger partial charge is 0.416 e. The van der Waals surface area contributed by atoms with Gasteiger partial charge in [0.2, 0.25) is 17.7 Å². The van der Waals surface area contributed by atoms with Crippen LogP contribution in [0.3, 0.4) is 0 Å². The minimum atomic E-state index is -4.61. The van der Waals surface area contributed by atoms with Crippen molar-refractivity contribution in [3.05, 3.63) is 110 Å². The van der Waals surface area contributed by atoms with E-state index in [0.717, 1.165) is 63.9 Å². The van der Waals surface area contributed by atoms with Crippen molar-refractivity contribution >= 4 is 52.2 Å². The number of anilines is 2. The molecule has 0 bridgehead atoms. The first-order valence-corrected chi connectivity index (χ1v) is 15.9. The molecule has 1 N–H and O–H groups in total. The van der Waals surface area contributed by atoms with Crippen molar-refractivity contribution in [2.24, 2.45) is 5.92 Å². The highest BCUT2D eigenvalue weighted by Gasteiger charge is 2.56. The van der Waals surface area contributed by atoms with Crippen molar-refractivity contribution in [2.75, 3.05) is 10.2 Å². The van der Waals surface area contributed by atoms with E-state index in [1.165, 1.54) is 22.8 Å². The van der Waals surface area contributed by atoms with Crippen LogP contribution in [0.1, 0.15) is 48.3 Å². The second kappa shape index (κ2) is 11.5. The highest BCUT2D eigenvalue weighted by atomic mass is 32.2. The third kappa shape index (κ3) is 5.77. The fraction of sp³-hybridized carbons (Fsp3) is 0.273. The summed E-state index contributed by atoms with van der Waals surface area (Å²) in [4.78, 5) is 55.3. The van der Waals surface area contributed by atoms with Gasteiger partial charge >= 0.3 is 11.0 Å². The van der Waals surface area contributed by atoms with Crippen LogP contribution in [0.5, 0.6) is 0 Å². The molecule has 46 heavy (non-hydrogen) atoms. The topological polar surface area (TPSA) is 88.5 Å². The first kappa shape index (κ1) is 31.7. The van der Waals surface area contributed by atoms with Gasteiger partial charge in [-0.1, -0.05) is 74.2 Å². The van der Waals surface area contributed by atoms with Crippen LogP contribution in [0.15, 0.2) is 82.6 Å². The van der Waals surface area contributed by atoms with E-state index in [1.54, 1.807) is 0 Å². The van der Waals surface area contributed by atoms with E-state index in [0.29, 0.717) is 15.5 Å². The van der Waals surface area contributed by atoms with E-state index in [9.17, 15) is 36.7 Å². The lowest BCUT2D eigenvalue weighted by molar-refractivity contribution is -0.137. The highest BCUT2D eigenvalue weighted by molar-refractivity contribution is 8.00. The Morgan fingerprint density at radius 3 is 2.20 bits per heavy atom. The number of aromatic nitrogens is 1. The Hall–Kier alpha value is -4.23. The van der Waals surface area contributed by atoms with Crippen LogP contribution in [0.2, 0.25) is 0 Å². The van der Waals surface area contributed by atoms with Crippen molar-refractivity contribution in [3.8, 4) is 0 Å². The molecule has 3 heterocycles. The number of thioether (sulfide) groups is 1. The molecule has 2 aliphatic rings. The number of nitrogens with zero attached hydrogens (tertiary/aromatic N) is 2. The monoisotopic (exact) mass is 669 g/mol. The van der Waals surface area contributed by atoms with E-state index in [4.69, 9.17) is 0 Å². The SMILES string of the molecule is CC(C)(C)c1ccc([C@H]2c3sc(=O)n(CC(=O)Nc4cccc(C(F)(F)F)c4)c3SC3C(=O)N(c4ccc(F)cc4)C(=O)C32)cc1. The number of rotatable bonds is 5. The summed E-state index contributed by atoms with van der Waals surface area (Å²) in [5, 5.41) is 1.80. The standard InChI is InChI=1S/C33H27F4N3O4S2/c1-32(2,3)18-9-7-17(8-10-18)24-25-26(29(43)40(28(25)42)22-13-11-20(34)12-14-22)45-30-27(24)46-31(44)39(30)16-23(41)38-21-6-4-5-19(15-21)33(35,36)37/h4-15,24-26H,16H2,1-3H3,(H,38,41)/t24-,25?,26?/m1/s1. The van der Waals surface area contributed by atoms with Gasteiger partial charge in [0, 0.05) is 16.5 Å². The van der Waals surface area contributed by atoms with E-state index in [1.807, 2.05) is 24.3 Å². The third-order valence-corrected chi connectivity index (χ3v) is 10.6. The molecular weight excluding hydrogens is 643 g/mol. The molecule has 0 radical (unpaired) electrons. The van der Waals surface area contributed by atoms with E-state index < -0.39 is 63.8 Å². The van der Waals surface area contributed by atoms with Crippen LogP contribution >= 0.6 is 23.1 Å². The summed E-state index contributed by atoms with van der Waals surface area (Å²) in [6, 6.07) is 16.8. The Labute approximate surface area is 269 Å². The zero-order chi connectivity index (χ0) is 33.1. The molecule has 7 nitrogen and oxygen atoms in total. The number of hydrogen-bond donors (Lipinski definition) is 1. The predicted molar refractivity (Wildman–Crippen MR) is 168 cm³/mol. The maximum Gasteiger partial charge on any atom is 0.416 e. The molecule has 1 saturated heterocycles. The summed E-state index contributed by atoms with van der Waals surface area (Å²) in [5.41, 5.74) is 0.772. The number of carbonyl (C=O) groups is 3. The molecule has 2 unspecified atom stereocenters. The average Bonchev–Trinajstić information content (AvgIpc) is 3.43. The Morgan fingerprint density at radius 1 is 0.891 bits per heavy atom. The molecule has 6 rings (SSSR count). The summed E-state index contributed by atoms with van der Waals surface area (Å²) < 4.78 is 54.5. The minimum absolute atomic E-state index is 0.0898. The zero-order valence-corrected chi connectivity index (χ0v) is 26.4. The molecule has 3 amide bonds. The fourth-order valence-corrected chi connectivity index (χ4v) is 8.54. The Balaban J connectivity index is 1.39. The van der Waals surface area contributed by atoms with Gasteiger partial charge in [-0.2, -0.15) is 13.2 Å². The van der Waals surface area contributed by atoms with Crippen LogP contribution in [-0.2, 0) is 32.5 Å². The van der Waals surface area contributed by atoms with Gasteiger partial charge < -0.3 is 5.32 Å². The highest BCUT2D eigenvalue weighted by Crippen LogP contribution is 2.54. The van der Waals surface area contributed by atoms with Crippen LogP contribution in [0, 0.1) is 11.7 Å². The number of hydrogen-bond acceptors (Lipinski definition) is 6.